The van der Waals surface area contributed by atoms with Gasteiger partial charge in [-0.25, -0.2) is 0 Å². The smallest absolute Gasteiger partial charge is 0.0510 e. The Morgan fingerprint density at radius 3 is 3.12 bits per heavy atom. The molecular weight excluding hydrogens is 232 g/mol. The molecule has 17 heavy (non-hydrogen) atoms. The lowest BCUT2D eigenvalue weighted by Crippen LogP contribution is -2.44. The van der Waals surface area contributed by atoms with Crippen molar-refractivity contribution in [3.05, 3.63) is 22.4 Å². The molecule has 0 bridgehead atoms. The Labute approximate surface area is 108 Å². The zero-order chi connectivity index (χ0) is 12.1. The summed E-state index contributed by atoms with van der Waals surface area (Å²) in [6, 6.07) is 4.79. The van der Waals surface area contributed by atoms with Crippen LogP contribution in [0.2, 0.25) is 0 Å². The maximum atomic E-state index is 5.91. The van der Waals surface area contributed by atoms with Gasteiger partial charge in [0.1, 0.15) is 0 Å². The highest BCUT2D eigenvalue weighted by Crippen LogP contribution is 2.20. The summed E-state index contributed by atoms with van der Waals surface area (Å²) in [6.45, 7) is 3.60. The number of nitrogens with two attached hydrogens (primary N) is 1. The van der Waals surface area contributed by atoms with Gasteiger partial charge in [-0.2, -0.15) is 0 Å². The van der Waals surface area contributed by atoms with Crippen molar-refractivity contribution in [1.29, 1.82) is 0 Å². The first-order valence-electron chi connectivity index (χ1n) is 6.31. The summed E-state index contributed by atoms with van der Waals surface area (Å²) in [5, 5.41) is 2.14. The molecule has 2 rings (SSSR count). The monoisotopic (exact) mass is 254 g/mol. The Bertz CT molecular complexity index is 309. The van der Waals surface area contributed by atoms with E-state index >= 15 is 0 Å². The van der Waals surface area contributed by atoms with Gasteiger partial charge in [-0.05, 0) is 31.3 Å². The first kappa shape index (κ1) is 13.0. The highest BCUT2D eigenvalue weighted by atomic mass is 32.1. The molecule has 1 aliphatic rings. The first-order valence-corrected chi connectivity index (χ1v) is 7.19. The van der Waals surface area contributed by atoms with Crippen molar-refractivity contribution in [2.24, 2.45) is 11.7 Å². The maximum absolute atomic E-state index is 5.91. The van der Waals surface area contributed by atoms with Crippen LogP contribution in [0.3, 0.4) is 0 Å². The molecule has 4 heteroatoms. The van der Waals surface area contributed by atoms with Crippen LogP contribution in [0.4, 0.5) is 0 Å². The second-order valence-corrected chi connectivity index (χ2v) is 5.77. The van der Waals surface area contributed by atoms with Crippen molar-refractivity contribution < 1.29 is 4.74 Å². The maximum Gasteiger partial charge on any atom is 0.0510 e. The van der Waals surface area contributed by atoms with E-state index in [-0.39, 0.29) is 0 Å². The molecule has 2 unspecified atom stereocenters. The minimum atomic E-state index is 0.470. The van der Waals surface area contributed by atoms with E-state index in [0.29, 0.717) is 12.0 Å². The zero-order valence-corrected chi connectivity index (χ0v) is 11.3. The van der Waals surface area contributed by atoms with Gasteiger partial charge in [-0.1, -0.05) is 6.07 Å². The standard InChI is InChI=1S/C13H22N2OS/c1-15(6-4-12-3-2-8-17-12)13(9-14)11-5-7-16-10-11/h2-3,8,11,13H,4-7,9-10,14H2,1H3. The average molecular weight is 254 g/mol. The Balaban J connectivity index is 1.82. The summed E-state index contributed by atoms with van der Waals surface area (Å²) in [6.07, 6.45) is 2.28. The molecule has 3 nitrogen and oxygen atoms in total. The molecule has 2 heterocycles. The third-order valence-corrected chi connectivity index (χ3v) is 4.54. The summed E-state index contributed by atoms with van der Waals surface area (Å²) in [5.74, 6) is 0.619. The summed E-state index contributed by atoms with van der Waals surface area (Å²) in [7, 11) is 2.18. The van der Waals surface area contributed by atoms with E-state index in [0.717, 1.165) is 39.1 Å². The molecule has 1 fully saturated rings. The molecule has 0 aliphatic carbocycles. The third kappa shape index (κ3) is 3.52. The first-order chi connectivity index (χ1) is 8.31. The lowest BCUT2D eigenvalue weighted by Gasteiger charge is -2.30. The predicted molar refractivity (Wildman–Crippen MR) is 72.4 cm³/mol. The van der Waals surface area contributed by atoms with Crippen LogP contribution in [-0.4, -0.2) is 44.3 Å². The van der Waals surface area contributed by atoms with Gasteiger partial charge in [0.25, 0.3) is 0 Å². The highest BCUT2D eigenvalue weighted by Gasteiger charge is 2.27. The lowest BCUT2D eigenvalue weighted by atomic mass is 9.98. The molecule has 1 aliphatic heterocycles. The van der Waals surface area contributed by atoms with Crippen LogP contribution in [0.25, 0.3) is 0 Å². The largest absolute Gasteiger partial charge is 0.381 e. The van der Waals surface area contributed by atoms with Crippen molar-refractivity contribution in [2.45, 2.75) is 18.9 Å². The summed E-state index contributed by atoms with van der Waals surface area (Å²) in [4.78, 5) is 3.86. The molecular formula is C13H22N2OS. The number of thiophene rings is 1. The van der Waals surface area contributed by atoms with E-state index in [9.17, 15) is 0 Å². The van der Waals surface area contributed by atoms with E-state index in [2.05, 4.69) is 29.5 Å². The fourth-order valence-electron chi connectivity index (χ4n) is 2.50. The van der Waals surface area contributed by atoms with Gasteiger partial charge in [0.15, 0.2) is 0 Å². The van der Waals surface area contributed by atoms with Gasteiger partial charge in [-0.15, -0.1) is 11.3 Å². The van der Waals surface area contributed by atoms with E-state index < -0.39 is 0 Å². The number of ether oxygens (including phenoxy) is 1. The van der Waals surface area contributed by atoms with Gasteiger partial charge < -0.3 is 15.4 Å². The summed E-state index contributed by atoms with van der Waals surface area (Å²) >= 11 is 1.83. The molecule has 96 valence electrons. The second kappa shape index (κ2) is 6.50. The van der Waals surface area contributed by atoms with Gasteiger partial charge in [0.05, 0.1) is 6.61 Å². The van der Waals surface area contributed by atoms with Crippen LogP contribution in [-0.2, 0) is 11.2 Å². The lowest BCUT2D eigenvalue weighted by molar-refractivity contribution is 0.141. The molecule has 1 aromatic rings. The number of hydrogen-bond donors (Lipinski definition) is 1. The van der Waals surface area contributed by atoms with Crippen molar-refractivity contribution in [1.82, 2.24) is 4.90 Å². The quantitative estimate of drug-likeness (QED) is 0.838. The highest BCUT2D eigenvalue weighted by molar-refractivity contribution is 7.09. The topological polar surface area (TPSA) is 38.5 Å². The molecule has 2 atom stereocenters. The van der Waals surface area contributed by atoms with Crippen LogP contribution in [0, 0.1) is 5.92 Å². The van der Waals surface area contributed by atoms with Crippen LogP contribution >= 0.6 is 11.3 Å². The molecule has 2 N–H and O–H groups in total. The Hall–Kier alpha value is -0.420. The second-order valence-electron chi connectivity index (χ2n) is 4.74. The fraction of sp³-hybridized carbons (Fsp3) is 0.692. The Morgan fingerprint density at radius 1 is 1.65 bits per heavy atom. The van der Waals surface area contributed by atoms with E-state index in [1.165, 1.54) is 4.88 Å². The fourth-order valence-corrected chi connectivity index (χ4v) is 3.19. The van der Waals surface area contributed by atoms with Crippen molar-refractivity contribution in [2.75, 3.05) is 33.4 Å². The van der Waals surface area contributed by atoms with Crippen LogP contribution in [0.15, 0.2) is 17.5 Å². The number of likely N-dealkylation sites (N-methyl/N-ethyl adjacent to an activating group) is 1. The van der Waals surface area contributed by atoms with E-state index in [1.807, 2.05) is 11.3 Å². The van der Waals surface area contributed by atoms with Gasteiger partial charge in [0, 0.05) is 36.5 Å². The van der Waals surface area contributed by atoms with Crippen molar-refractivity contribution in [3.8, 4) is 0 Å². The van der Waals surface area contributed by atoms with Gasteiger partial charge in [0.2, 0.25) is 0 Å². The molecule has 0 aromatic carbocycles. The molecule has 1 aromatic heterocycles. The molecule has 1 saturated heterocycles. The van der Waals surface area contributed by atoms with Crippen LogP contribution < -0.4 is 5.73 Å². The predicted octanol–water partition coefficient (Wildman–Crippen LogP) is 1.59. The minimum Gasteiger partial charge on any atom is -0.381 e. The zero-order valence-electron chi connectivity index (χ0n) is 10.5. The number of rotatable bonds is 6. The van der Waals surface area contributed by atoms with Gasteiger partial charge in [-0.3, -0.25) is 0 Å². The third-order valence-electron chi connectivity index (χ3n) is 3.61. The number of hydrogen-bond acceptors (Lipinski definition) is 4. The molecule has 0 radical (unpaired) electrons. The normalized spacial score (nSPS) is 22.2. The van der Waals surface area contributed by atoms with Crippen molar-refractivity contribution >= 4 is 11.3 Å². The Morgan fingerprint density at radius 2 is 2.53 bits per heavy atom. The van der Waals surface area contributed by atoms with Crippen LogP contribution in [0.1, 0.15) is 11.3 Å². The summed E-state index contributed by atoms with van der Waals surface area (Å²) < 4.78 is 5.46. The van der Waals surface area contributed by atoms with Crippen molar-refractivity contribution in [3.63, 3.8) is 0 Å². The number of nitrogens with zero attached hydrogens (tertiary/aromatic N) is 1. The minimum absolute atomic E-state index is 0.470. The SMILES string of the molecule is CN(CCc1cccs1)C(CN)C1CCOC1. The molecule has 0 spiro atoms. The van der Waals surface area contributed by atoms with Crippen LogP contribution in [0.5, 0.6) is 0 Å². The molecule has 0 saturated carbocycles. The summed E-state index contributed by atoms with van der Waals surface area (Å²) in [5.41, 5.74) is 5.91. The Kier molecular flexibility index (Phi) is 4.98. The van der Waals surface area contributed by atoms with Gasteiger partial charge >= 0.3 is 0 Å². The average Bonchev–Trinajstić information content (AvgIpc) is 3.00. The molecule has 0 amide bonds. The van der Waals surface area contributed by atoms with E-state index in [1.54, 1.807) is 0 Å². The van der Waals surface area contributed by atoms with E-state index in [4.69, 9.17) is 10.5 Å².